The van der Waals surface area contributed by atoms with Gasteiger partial charge >= 0.3 is 6.01 Å². The molecular weight excluding hydrogens is 530 g/mol. The van der Waals surface area contributed by atoms with Gasteiger partial charge in [-0.05, 0) is 45.0 Å². The SMILES string of the molecule is C=CC(=O)N1CCN(c2nc(OCC3CN(C)CCN3C)nc(C)c2CCN(C)c2cc(O)cc3ccccc23)CC1. The second-order valence-electron chi connectivity index (χ2n) is 11.5. The topological polar surface area (TPSA) is 88.5 Å². The number of nitrogens with zero attached hydrogens (tertiary/aromatic N) is 7. The first-order valence-corrected chi connectivity index (χ1v) is 14.7. The first-order valence-electron chi connectivity index (χ1n) is 14.7. The van der Waals surface area contributed by atoms with Crippen LogP contribution in [-0.2, 0) is 11.2 Å². The van der Waals surface area contributed by atoms with E-state index in [-0.39, 0.29) is 17.7 Å². The van der Waals surface area contributed by atoms with Gasteiger partial charge in [0.05, 0.1) is 6.04 Å². The summed E-state index contributed by atoms with van der Waals surface area (Å²) < 4.78 is 6.23. The zero-order chi connectivity index (χ0) is 29.8. The van der Waals surface area contributed by atoms with Crippen molar-refractivity contribution < 1.29 is 14.6 Å². The number of phenolic OH excluding ortho intramolecular Hbond substituents is 1. The van der Waals surface area contributed by atoms with Crippen LogP contribution in [0.5, 0.6) is 11.8 Å². The van der Waals surface area contributed by atoms with Crippen LogP contribution in [0.2, 0.25) is 0 Å². The summed E-state index contributed by atoms with van der Waals surface area (Å²) in [6.07, 6.45) is 2.09. The van der Waals surface area contributed by atoms with Crippen molar-refractivity contribution in [1.82, 2.24) is 24.7 Å². The number of rotatable bonds is 9. The standard InChI is InChI=1S/C32H43N7O3/c1-6-30(41)38-15-17-39(18-16-38)31-27(11-12-37(5)29-20-26(40)19-24-9-7-8-10-28(24)29)23(2)33-32(34-31)42-22-25-21-35(3)13-14-36(25)4/h6-10,19-20,25,40H,1,11-18,21-22H2,2-5H3. The van der Waals surface area contributed by atoms with Crippen LogP contribution >= 0.6 is 0 Å². The number of hydrogen-bond donors (Lipinski definition) is 1. The van der Waals surface area contributed by atoms with E-state index in [9.17, 15) is 9.90 Å². The molecular formula is C32H43N7O3. The summed E-state index contributed by atoms with van der Waals surface area (Å²) in [5.41, 5.74) is 2.93. The summed E-state index contributed by atoms with van der Waals surface area (Å²) in [7, 11) is 6.32. The molecule has 0 bridgehead atoms. The van der Waals surface area contributed by atoms with Crippen LogP contribution in [0.25, 0.3) is 10.8 Å². The number of carbonyl (C=O) groups excluding carboxylic acids is 1. The molecule has 0 spiro atoms. The Morgan fingerprint density at radius 2 is 1.88 bits per heavy atom. The van der Waals surface area contributed by atoms with E-state index >= 15 is 0 Å². The van der Waals surface area contributed by atoms with Crippen molar-refractivity contribution in [3.05, 3.63) is 60.3 Å². The zero-order valence-electron chi connectivity index (χ0n) is 25.3. The predicted octanol–water partition coefficient (Wildman–Crippen LogP) is 2.78. The molecule has 5 rings (SSSR count). The van der Waals surface area contributed by atoms with Crippen molar-refractivity contribution in [2.75, 3.05) is 89.9 Å². The highest BCUT2D eigenvalue weighted by Gasteiger charge is 2.26. The van der Waals surface area contributed by atoms with Crippen LogP contribution in [0.1, 0.15) is 11.3 Å². The van der Waals surface area contributed by atoms with E-state index in [1.54, 1.807) is 6.07 Å². The van der Waals surface area contributed by atoms with E-state index in [1.807, 2.05) is 43.1 Å². The Labute approximate surface area is 248 Å². The predicted molar refractivity (Wildman–Crippen MR) is 168 cm³/mol. The fraction of sp³-hybridized carbons (Fsp3) is 0.469. The van der Waals surface area contributed by atoms with Gasteiger partial charge in [0.1, 0.15) is 18.2 Å². The first kappa shape index (κ1) is 29.6. The van der Waals surface area contributed by atoms with Crippen molar-refractivity contribution in [2.24, 2.45) is 0 Å². The number of piperazine rings is 2. The summed E-state index contributed by atoms with van der Waals surface area (Å²) in [6.45, 7) is 12.5. The van der Waals surface area contributed by atoms with Crippen molar-refractivity contribution in [2.45, 2.75) is 19.4 Å². The lowest BCUT2D eigenvalue weighted by atomic mass is 10.1. The van der Waals surface area contributed by atoms with Gasteiger partial charge in [0.25, 0.3) is 0 Å². The Bertz CT molecular complexity index is 1420. The Balaban J connectivity index is 1.38. The van der Waals surface area contributed by atoms with E-state index in [0.29, 0.717) is 51.8 Å². The number of likely N-dealkylation sites (N-methyl/N-ethyl adjacent to an activating group) is 3. The number of fused-ring (bicyclic) bond motifs is 1. The molecule has 0 aliphatic carbocycles. The number of amides is 1. The minimum Gasteiger partial charge on any atom is -0.508 e. The molecule has 2 fully saturated rings. The molecule has 0 saturated carbocycles. The van der Waals surface area contributed by atoms with Gasteiger partial charge in [-0.3, -0.25) is 9.69 Å². The van der Waals surface area contributed by atoms with E-state index in [0.717, 1.165) is 53.2 Å². The van der Waals surface area contributed by atoms with Crippen LogP contribution in [0, 0.1) is 6.92 Å². The maximum atomic E-state index is 12.2. The highest BCUT2D eigenvalue weighted by molar-refractivity contribution is 5.95. The van der Waals surface area contributed by atoms with Crippen LogP contribution in [0.4, 0.5) is 11.5 Å². The average Bonchev–Trinajstić information content (AvgIpc) is 2.99. The molecule has 0 radical (unpaired) electrons. The molecule has 1 atom stereocenters. The third kappa shape index (κ3) is 6.60. The molecule has 1 unspecified atom stereocenters. The molecule has 42 heavy (non-hydrogen) atoms. The number of aryl methyl sites for hydroxylation is 1. The van der Waals surface area contributed by atoms with Gasteiger partial charge in [0, 0.05) is 87.8 Å². The third-order valence-electron chi connectivity index (χ3n) is 8.56. The molecule has 10 nitrogen and oxygen atoms in total. The number of carbonyl (C=O) groups is 1. The Morgan fingerprint density at radius 1 is 1.12 bits per heavy atom. The first-order chi connectivity index (χ1) is 20.2. The minimum atomic E-state index is -0.0423. The van der Waals surface area contributed by atoms with Crippen molar-refractivity contribution >= 4 is 28.2 Å². The Hall–Kier alpha value is -3.89. The molecule has 1 aromatic heterocycles. The molecule has 2 aliphatic heterocycles. The highest BCUT2D eigenvalue weighted by atomic mass is 16.5. The van der Waals surface area contributed by atoms with Crippen LogP contribution in [-0.4, -0.2) is 122 Å². The molecule has 1 amide bonds. The molecule has 2 aromatic carbocycles. The van der Waals surface area contributed by atoms with Gasteiger partial charge in [-0.15, -0.1) is 0 Å². The van der Waals surface area contributed by atoms with Crippen molar-refractivity contribution in [1.29, 1.82) is 0 Å². The van der Waals surface area contributed by atoms with Crippen LogP contribution < -0.4 is 14.5 Å². The summed E-state index contributed by atoms with van der Waals surface area (Å²) in [5, 5.41) is 12.5. The van der Waals surface area contributed by atoms with Gasteiger partial charge in [-0.1, -0.05) is 30.8 Å². The number of anilines is 2. The highest BCUT2D eigenvalue weighted by Crippen LogP contribution is 2.32. The average molecular weight is 574 g/mol. The Kier molecular flexibility index (Phi) is 9.13. The number of benzene rings is 2. The van der Waals surface area contributed by atoms with Gasteiger partial charge in [0.2, 0.25) is 5.91 Å². The Morgan fingerprint density at radius 3 is 2.64 bits per heavy atom. The molecule has 10 heteroatoms. The maximum absolute atomic E-state index is 12.2. The number of phenols is 1. The molecule has 3 heterocycles. The van der Waals surface area contributed by atoms with Crippen molar-refractivity contribution in [3.8, 4) is 11.8 Å². The normalized spacial score (nSPS) is 18.3. The summed E-state index contributed by atoms with van der Waals surface area (Å²) in [6, 6.07) is 12.4. The van der Waals surface area contributed by atoms with E-state index < -0.39 is 0 Å². The molecule has 2 saturated heterocycles. The smallest absolute Gasteiger partial charge is 0.318 e. The largest absolute Gasteiger partial charge is 0.508 e. The number of aromatic nitrogens is 2. The van der Waals surface area contributed by atoms with E-state index in [1.165, 1.54) is 6.08 Å². The quantitative estimate of drug-likeness (QED) is 0.388. The van der Waals surface area contributed by atoms with Gasteiger partial charge in [0.15, 0.2) is 0 Å². The summed E-state index contributed by atoms with van der Waals surface area (Å²) in [5.74, 6) is 1.07. The third-order valence-corrected chi connectivity index (χ3v) is 8.56. The van der Waals surface area contributed by atoms with Crippen LogP contribution in [0.3, 0.4) is 0 Å². The lowest BCUT2D eigenvalue weighted by molar-refractivity contribution is -0.126. The lowest BCUT2D eigenvalue weighted by Gasteiger charge is -2.37. The molecule has 224 valence electrons. The van der Waals surface area contributed by atoms with E-state index in [4.69, 9.17) is 14.7 Å². The van der Waals surface area contributed by atoms with Crippen LogP contribution in [0.15, 0.2) is 49.1 Å². The fourth-order valence-corrected chi connectivity index (χ4v) is 5.89. The molecule has 1 N–H and O–H groups in total. The second kappa shape index (κ2) is 13.0. The lowest BCUT2D eigenvalue weighted by Crippen LogP contribution is -2.52. The minimum absolute atomic E-state index is 0.0423. The van der Waals surface area contributed by atoms with Gasteiger partial charge in [-0.2, -0.15) is 4.98 Å². The monoisotopic (exact) mass is 573 g/mol. The van der Waals surface area contributed by atoms with E-state index in [2.05, 4.69) is 46.3 Å². The maximum Gasteiger partial charge on any atom is 0.318 e. The van der Waals surface area contributed by atoms with Gasteiger partial charge in [-0.25, -0.2) is 4.98 Å². The zero-order valence-corrected chi connectivity index (χ0v) is 25.3. The number of aromatic hydroxyl groups is 1. The van der Waals surface area contributed by atoms with Gasteiger partial charge < -0.3 is 29.4 Å². The summed E-state index contributed by atoms with van der Waals surface area (Å²) in [4.78, 5) is 32.9. The second-order valence-corrected chi connectivity index (χ2v) is 11.5. The summed E-state index contributed by atoms with van der Waals surface area (Å²) >= 11 is 0. The van der Waals surface area contributed by atoms with Crippen molar-refractivity contribution in [3.63, 3.8) is 0 Å². The molecule has 3 aromatic rings. The molecule has 2 aliphatic rings. The fourth-order valence-electron chi connectivity index (χ4n) is 5.89. The number of hydrogen-bond acceptors (Lipinski definition) is 9. The number of ether oxygens (including phenoxy) is 1.